The number of hydrogen-bond acceptors (Lipinski definition) is 2. The maximum atomic E-state index is 4.64. The number of aliphatic imine (C=N–C) groups is 1. The van der Waals surface area contributed by atoms with Crippen molar-refractivity contribution in [2.75, 3.05) is 5.32 Å². The highest BCUT2D eigenvalue weighted by atomic mass is 14.9. The van der Waals surface area contributed by atoms with Crippen LogP contribution in [0.4, 0.5) is 5.69 Å². The second-order valence-corrected chi connectivity index (χ2v) is 8.45. The molecular formula is C29H30N2. The molecule has 0 heterocycles. The highest BCUT2D eigenvalue weighted by molar-refractivity contribution is 5.90. The Morgan fingerprint density at radius 3 is 2.42 bits per heavy atom. The van der Waals surface area contributed by atoms with E-state index < -0.39 is 0 Å². The monoisotopic (exact) mass is 406 g/mol. The summed E-state index contributed by atoms with van der Waals surface area (Å²) in [5.41, 5.74) is 6.13. The average Bonchev–Trinajstić information content (AvgIpc) is 2.79. The molecule has 0 fully saturated rings. The van der Waals surface area contributed by atoms with Gasteiger partial charge in [-0.2, -0.15) is 0 Å². The summed E-state index contributed by atoms with van der Waals surface area (Å²) >= 11 is 0. The molecule has 4 aromatic rings. The predicted molar refractivity (Wildman–Crippen MR) is 134 cm³/mol. The minimum atomic E-state index is 0.224. The molecule has 4 rings (SSSR count). The molecule has 1 unspecified atom stereocenters. The zero-order valence-corrected chi connectivity index (χ0v) is 18.5. The maximum Gasteiger partial charge on any atom is 0.0639 e. The molecule has 0 radical (unpaired) electrons. The molecule has 0 bridgehead atoms. The Labute approximate surface area is 185 Å². The predicted octanol–water partition coefficient (Wildman–Crippen LogP) is 7.58. The number of aryl methyl sites for hydroxylation is 1. The van der Waals surface area contributed by atoms with E-state index in [0.717, 1.165) is 5.56 Å². The van der Waals surface area contributed by atoms with Gasteiger partial charge in [0, 0.05) is 11.9 Å². The maximum absolute atomic E-state index is 4.64. The van der Waals surface area contributed by atoms with Crippen LogP contribution in [0.25, 0.3) is 10.8 Å². The zero-order valence-electron chi connectivity index (χ0n) is 18.5. The summed E-state index contributed by atoms with van der Waals surface area (Å²) in [7, 11) is 0. The Kier molecular flexibility index (Phi) is 6.47. The Bertz CT molecular complexity index is 1180. The number of nitrogens with one attached hydrogen (secondary N) is 1. The van der Waals surface area contributed by atoms with Crippen molar-refractivity contribution in [2.45, 2.75) is 33.4 Å². The van der Waals surface area contributed by atoms with Crippen molar-refractivity contribution in [3.8, 4) is 0 Å². The van der Waals surface area contributed by atoms with Crippen molar-refractivity contribution in [3.05, 3.63) is 113 Å². The molecule has 0 aliphatic heterocycles. The zero-order chi connectivity index (χ0) is 21.6. The van der Waals surface area contributed by atoms with Gasteiger partial charge in [-0.05, 0) is 58.0 Å². The van der Waals surface area contributed by atoms with E-state index in [4.69, 9.17) is 0 Å². The third-order valence-electron chi connectivity index (χ3n) is 5.80. The van der Waals surface area contributed by atoms with E-state index in [0.29, 0.717) is 12.5 Å². The number of rotatable bonds is 7. The number of hydrogen-bond donors (Lipinski definition) is 1. The molecule has 1 atom stereocenters. The lowest BCUT2D eigenvalue weighted by Gasteiger charge is -2.26. The molecule has 0 saturated heterocycles. The lowest BCUT2D eigenvalue weighted by atomic mass is 9.93. The van der Waals surface area contributed by atoms with E-state index in [1.807, 2.05) is 12.3 Å². The number of benzene rings is 4. The topological polar surface area (TPSA) is 24.4 Å². The molecule has 0 saturated carbocycles. The summed E-state index contributed by atoms with van der Waals surface area (Å²) in [6, 6.07) is 32.3. The van der Waals surface area contributed by atoms with Crippen LogP contribution in [0.5, 0.6) is 0 Å². The Morgan fingerprint density at radius 2 is 1.61 bits per heavy atom. The molecular weight excluding hydrogens is 376 g/mol. The molecule has 1 N–H and O–H groups in total. The van der Waals surface area contributed by atoms with Gasteiger partial charge in [0.05, 0.1) is 12.6 Å². The van der Waals surface area contributed by atoms with Crippen molar-refractivity contribution in [2.24, 2.45) is 10.9 Å². The van der Waals surface area contributed by atoms with Gasteiger partial charge >= 0.3 is 0 Å². The minimum absolute atomic E-state index is 0.224. The fourth-order valence-electron chi connectivity index (χ4n) is 4.06. The lowest BCUT2D eigenvalue weighted by Crippen LogP contribution is -2.17. The van der Waals surface area contributed by atoms with Crippen LogP contribution in [0.15, 0.2) is 96.0 Å². The fourth-order valence-corrected chi connectivity index (χ4v) is 4.06. The second-order valence-electron chi connectivity index (χ2n) is 8.45. The van der Waals surface area contributed by atoms with Crippen LogP contribution in [0.3, 0.4) is 0 Å². The van der Waals surface area contributed by atoms with Gasteiger partial charge in [0.25, 0.3) is 0 Å². The van der Waals surface area contributed by atoms with Crippen LogP contribution >= 0.6 is 0 Å². The van der Waals surface area contributed by atoms with Crippen molar-refractivity contribution in [1.82, 2.24) is 0 Å². The largest absolute Gasteiger partial charge is 0.378 e. The van der Waals surface area contributed by atoms with Crippen LogP contribution in [0.1, 0.15) is 42.1 Å². The van der Waals surface area contributed by atoms with Crippen LogP contribution < -0.4 is 5.32 Å². The molecule has 0 spiro atoms. The van der Waals surface area contributed by atoms with E-state index in [2.05, 4.69) is 116 Å². The highest BCUT2D eigenvalue weighted by Crippen LogP contribution is 2.31. The molecule has 0 aromatic heterocycles. The summed E-state index contributed by atoms with van der Waals surface area (Å²) in [6.45, 7) is 7.44. The Balaban J connectivity index is 1.56. The van der Waals surface area contributed by atoms with Gasteiger partial charge in [-0.3, -0.25) is 4.99 Å². The van der Waals surface area contributed by atoms with Crippen molar-refractivity contribution in [3.63, 3.8) is 0 Å². The first-order valence-electron chi connectivity index (χ1n) is 11.0. The third-order valence-corrected chi connectivity index (χ3v) is 5.80. The van der Waals surface area contributed by atoms with E-state index in [-0.39, 0.29) is 6.04 Å². The average molecular weight is 407 g/mol. The molecule has 31 heavy (non-hydrogen) atoms. The van der Waals surface area contributed by atoms with E-state index in [9.17, 15) is 0 Å². The molecule has 156 valence electrons. The van der Waals surface area contributed by atoms with E-state index in [1.54, 1.807) is 0 Å². The molecule has 2 heteroatoms. The van der Waals surface area contributed by atoms with Crippen LogP contribution in [0.2, 0.25) is 0 Å². The van der Waals surface area contributed by atoms with Gasteiger partial charge in [-0.25, -0.2) is 0 Å². The number of nitrogens with zero attached hydrogens (tertiary/aromatic N) is 1. The molecule has 4 aromatic carbocycles. The smallest absolute Gasteiger partial charge is 0.0639 e. The second kappa shape index (κ2) is 9.61. The SMILES string of the molecule is Cc1c(NC(c2cccc(C=NCc3ccccc3)c2)C(C)C)ccc2ccccc12. The first-order chi connectivity index (χ1) is 15.1. The molecule has 0 amide bonds. The summed E-state index contributed by atoms with van der Waals surface area (Å²) in [5, 5.41) is 6.40. The summed E-state index contributed by atoms with van der Waals surface area (Å²) in [5.74, 6) is 0.447. The van der Waals surface area contributed by atoms with E-state index in [1.165, 1.54) is 33.2 Å². The Morgan fingerprint density at radius 1 is 0.839 bits per heavy atom. The fraction of sp³-hybridized carbons (Fsp3) is 0.207. The first kappa shape index (κ1) is 20.9. The normalized spacial score (nSPS) is 12.5. The summed E-state index contributed by atoms with van der Waals surface area (Å²) in [6.07, 6.45) is 1.98. The summed E-state index contributed by atoms with van der Waals surface area (Å²) < 4.78 is 0. The molecule has 0 aliphatic carbocycles. The summed E-state index contributed by atoms with van der Waals surface area (Å²) in [4.78, 5) is 4.64. The van der Waals surface area contributed by atoms with Gasteiger partial charge in [0.2, 0.25) is 0 Å². The van der Waals surface area contributed by atoms with Crippen molar-refractivity contribution >= 4 is 22.7 Å². The van der Waals surface area contributed by atoms with Crippen LogP contribution in [-0.4, -0.2) is 6.21 Å². The van der Waals surface area contributed by atoms with Crippen molar-refractivity contribution in [1.29, 1.82) is 0 Å². The van der Waals surface area contributed by atoms with Crippen LogP contribution in [-0.2, 0) is 6.54 Å². The first-order valence-corrected chi connectivity index (χ1v) is 11.0. The van der Waals surface area contributed by atoms with E-state index >= 15 is 0 Å². The van der Waals surface area contributed by atoms with Crippen LogP contribution in [0, 0.1) is 12.8 Å². The lowest BCUT2D eigenvalue weighted by molar-refractivity contribution is 0.546. The minimum Gasteiger partial charge on any atom is -0.378 e. The number of fused-ring (bicyclic) bond motifs is 1. The number of anilines is 1. The standard InChI is InChI=1S/C29H30N2/c1-21(2)29(31-28-17-16-25-13-7-8-15-27(25)22(28)3)26-14-9-12-24(18-26)20-30-19-23-10-5-4-6-11-23/h4-18,20-21,29,31H,19H2,1-3H3. The molecule has 2 nitrogen and oxygen atoms in total. The van der Waals surface area contributed by atoms with Gasteiger partial charge in [-0.1, -0.05) is 92.7 Å². The van der Waals surface area contributed by atoms with Gasteiger partial charge in [0.15, 0.2) is 0 Å². The van der Waals surface area contributed by atoms with Gasteiger partial charge < -0.3 is 5.32 Å². The van der Waals surface area contributed by atoms with Crippen molar-refractivity contribution < 1.29 is 0 Å². The van der Waals surface area contributed by atoms with Gasteiger partial charge in [-0.15, -0.1) is 0 Å². The third kappa shape index (κ3) is 5.03. The Hall–Kier alpha value is -3.39. The highest BCUT2D eigenvalue weighted by Gasteiger charge is 2.17. The quantitative estimate of drug-likeness (QED) is 0.314. The molecule has 0 aliphatic rings. The van der Waals surface area contributed by atoms with Gasteiger partial charge in [0.1, 0.15) is 0 Å².